The second-order valence-electron chi connectivity index (χ2n) is 11.4. The summed E-state index contributed by atoms with van der Waals surface area (Å²) < 4.78 is 7.50. The summed E-state index contributed by atoms with van der Waals surface area (Å²) >= 11 is 0. The quantitative estimate of drug-likeness (QED) is 0.257. The summed E-state index contributed by atoms with van der Waals surface area (Å²) in [7, 11) is 0. The maximum absolute atomic E-state index is 13.2. The number of carbonyl (C=O) groups excluding carboxylic acids is 1. The molecule has 0 radical (unpaired) electrons. The fourth-order valence-electron chi connectivity index (χ4n) is 6.71. The maximum Gasteiger partial charge on any atom is 0.336 e. The average Bonchev–Trinajstić information content (AvgIpc) is 3.44. The van der Waals surface area contributed by atoms with Crippen LogP contribution in [0.1, 0.15) is 73.7 Å². The molecule has 6 rings (SSSR count). The van der Waals surface area contributed by atoms with E-state index in [0.29, 0.717) is 23.5 Å². The molecule has 4 aromatic rings. The van der Waals surface area contributed by atoms with E-state index in [4.69, 9.17) is 4.74 Å². The van der Waals surface area contributed by atoms with Crippen molar-refractivity contribution in [2.45, 2.75) is 64.3 Å². The molecule has 2 aliphatic carbocycles. The van der Waals surface area contributed by atoms with E-state index in [1.807, 2.05) is 30.3 Å². The van der Waals surface area contributed by atoms with Crippen molar-refractivity contribution in [3.8, 4) is 22.9 Å². The van der Waals surface area contributed by atoms with Gasteiger partial charge in [0.15, 0.2) is 5.52 Å². The van der Waals surface area contributed by atoms with Crippen molar-refractivity contribution in [1.29, 1.82) is 0 Å². The van der Waals surface area contributed by atoms with Crippen molar-refractivity contribution < 1.29 is 24.5 Å². The number of esters is 1. The molecule has 41 heavy (non-hydrogen) atoms. The highest BCUT2D eigenvalue weighted by Crippen LogP contribution is 2.41. The van der Waals surface area contributed by atoms with E-state index in [-0.39, 0.29) is 34.7 Å². The Kier molecular flexibility index (Phi) is 7.67. The Hall–Kier alpha value is -4.27. The number of aromatic hydroxyl groups is 1. The largest absolute Gasteiger partial charge is 0.491 e. The first kappa shape index (κ1) is 26.9. The van der Waals surface area contributed by atoms with Crippen LogP contribution in [0.3, 0.4) is 0 Å². The van der Waals surface area contributed by atoms with Gasteiger partial charge in [-0.05, 0) is 47.4 Å². The molecule has 9 heteroatoms. The first-order valence-corrected chi connectivity index (χ1v) is 14.5. The van der Waals surface area contributed by atoms with Gasteiger partial charge in [0.25, 0.3) is 11.8 Å². The molecule has 0 spiro atoms. The molecule has 2 aliphatic rings. The lowest BCUT2D eigenvalue weighted by Gasteiger charge is -2.35. The van der Waals surface area contributed by atoms with E-state index >= 15 is 0 Å². The third-order valence-electron chi connectivity index (χ3n) is 8.82. The minimum Gasteiger partial charge on any atom is -0.491 e. The molecule has 2 saturated carbocycles. The van der Waals surface area contributed by atoms with Crippen molar-refractivity contribution in [2.24, 2.45) is 17.8 Å². The van der Waals surface area contributed by atoms with Crippen LogP contribution >= 0.6 is 0 Å². The van der Waals surface area contributed by atoms with Crippen LogP contribution in [-0.4, -0.2) is 41.9 Å². The topological polar surface area (TPSA) is 127 Å². The number of aromatic carboxylic acids is 1. The van der Waals surface area contributed by atoms with E-state index in [1.165, 1.54) is 38.5 Å². The van der Waals surface area contributed by atoms with Gasteiger partial charge in [0.2, 0.25) is 0 Å². The van der Waals surface area contributed by atoms with Gasteiger partial charge in [-0.1, -0.05) is 87.4 Å². The Morgan fingerprint density at radius 1 is 0.902 bits per heavy atom. The van der Waals surface area contributed by atoms with E-state index in [0.717, 1.165) is 36.3 Å². The number of ether oxygens (including phenoxy) is 1. The van der Waals surface area contributed by atoms with E-state index < -0.39 is 5.97 Å². The molecule has 0 aliphatic heterocycles. The molecule has 2 fully saturated rings. The second-order valence-corrected chi connectivity index (χ2v) is 11.4. The molecular formula is C32H34N4O5. The van der Waals surface area contributed by atoms with Crippen molar-refractivity contribution in [3.63, 3.8) is 0 Å². The minimum absolute atomic E-state index is 0.0157. The van der Waals surface area contributed by atoms with Crippen molar-refractivity contribution in [1.82, 2.24) is 19.7 Å². The first-order chi connectivity index (χ1) is 20.0. The van der Waals surface area contributed by atoms with E-state index in [2.05, 4.69) is 15.2 Å². The van der Waals surface area contributed by atoms with Gasteiger partial charge in [0, 0.05) is 6.54 Å². The van der Waals surface area contributed by atoms with Crippen LogP contribution < -0.4 is 4.74 Å². The highest BCUT2D eigenvalue weighted by Gasteiger charge is 2.34. The number of fused-ring (bicyclic) bond motifs is 1. The monoisotopic (exact) mass is 554 g/mol. The summed E-state index contributed by atoms with van der Waals surface area (Å²) in [6.07, 6.45) is 11.9. The SMILES string of the molecule is O=C(O)c1ccccc1-c1ccc(Cn2cnc3c(OC(=O)C4CCCC(C5CCCCC5)C4)nnc(O)c32)cc1. The number of hydrogen-bond donors (Lipinski definition) is 2. The fourth-order valence-corrected chi connectivity index (χ4v) is 6.71. The van der Waals surface area contributed by atoms with Gasteiger partial charge in [-0.25, -0.2) is 9.78 Å². The lowest BCUT2D eigenvalue weighted by Crippen LogP contribution is -2.30. The summed E-state index contributed by atoms with van der Waals surface area (Å²) in [4.78, 5) is 29.2. The molecular weight excluding hydrogens is 520 g/mol. The Balaban J connectivity index is 1.18. The third kappa shape index (κ3) is 5.66. The number of aromatic nitrogens is 4. The molecule has 2 atom stereocenters. The minimum atomic E-state index is -0.977. The Labute approximate surface area is 238 Å². The molecule has 0 saturated heterocycles. The molecule has 2 heterocycles. The zero-order valence-corrected chi connectivity index (χ0v) is 22.9. The summed E-state index contributed by atoms with van der Waals surface area (Å²) in [6, 6.07) is 14.4. The summed E-state index contributed by atoms with van der Waals surface area (Å²) in [5.74, 6) is -0.407. The molecule has 2 N–H and O–H groups in total. The van der Waals surface area contributed by atoms with Crippen LogP contribution in [0.25, 0.3) is 22.2 Å². The number of imidazole rings is 1. The van der Waals surface area contributed by atoms with Crippen molar-refractivity contribution in [2.75, 3.05) is 0 Å². The van der Waals surface area contributed by atoms with Crippen LogP contribution in [0.2, 0.25) is 0 Å². The Morgan fingerprint density at radius 3 is 2.44 bits per heavy atom. The van der Waals surface area contributed by atoms with Gasteiger partial charge in [0.05, 0.1) is 17.8 Å². The second kappa shape index (κ2) is 11.7. The predicted octanol–water partition coefficient (Wildman–Crippen LogP) is 6.24. The van der Waals surface area contributed by atoms with Crippen molar-refractivity contribution in [3.05, 3.63) is 66.0 Å². The van der Waals surface area contributed by atoms with E-state index in [1.54, 1.807) is 29.1 Å². The van der Waals surface area contributed by atoms with Crippen molar-refractivity contribution >= 4 is 23.0 Å². The van der Waals surface area contributed by atoms with E-state index in [9.17, 15) is 19.8 Å². The first-order valence-electron chi connectivity index (χ1n) is 14.5. The number of rotatable bonds is 7. The number of carboxylic acids is 1. The fraction of sp³-hybridized carbons (Fsp3) is 0.406. The standard InChI is InChI=1S/C32H34N4O5/c37-29-28-27(30(35-34-29)41-32(40)24-10-6-9-23(17-24)21-7-2-1-3-8-21)33-19-36(28)18-20-13-15-22(16-14-20)25-11-4-5-12-26(25)31(38)39/h4-5,11-16,19,21,23-24H,1-3,6-10,17-18H2,(H,34,37)(H,38,39). The van der Waals surface area contributed by atoms with Crippen LogP contribution in [0.5, 0.6) is 11.8 Å². The zero-order chi connectivity index (χ0) is 28.3. The summed E-state index contributed by atoms with van der Waals surface area (Å²) in [5.41, 5.74) is 3.21. The average molecular weight is 555 g/mol. The third-order valence-corrected chi connectivity index (χ3v) is 8.82. The lowest BCUT2D eigenvalue weighted by molar-refractivity contribution is -0.141. The highest BCUT2D eigenvalue weighted by molar-refractivity contribution is 5.96. The smallest absolute Gasteiger partial charge is 0.336 e. The summed E-state index contributed by atoms with van der Waals surface area (Å²) in [6.45, 7) is 0.371. The zero-order valence-electron chi connectivity index (χ0n) is 22.9. The number of nitrogens with zero attached hydrogens (tertiary/aromatic N) is 4. The molecule has 0 amide bonds. The maximum atomic E-state index is 13.2. The van der Waals surface area contributed by atoms with Crippen LogP contribution in [0, 0.1) is 17.8 Å². The number of benzene rings is 2. The molecule has 2 unspecified atom stereocenters. The summed E-state index contributed by atoms with van der Waals surface area (Å²) in [5, 5.41) is 27.9. The number of carboxylic acid groups (broad SMARTS) is 1. The number of carbonyl (C=O) groups is 2. The normalized spacial score (nSPS) is 19.7. The Bertz CT molecular complexity index is 1560. The van der Waals surface area contributed by atoms with Gasteiger partial charge in [-0.3, -0.25) is 4.79 Å². The van der Waals surface area contributed by atoms with Gasteiger partial charge in [-0.15, -0.1) is 10.2 Å². The lowest BCUT2D eigenvalue weighted by atomic mass is 9.70. The van der Waals surface area contributed by atoms with Crippen LogP contribution in [0.15, 0.2) is 54.9 Å². The Morgan fingerprint density at radius 2 is 1.66 bits per heavy atom. The highest BCUT2D eigenvalue weighted by atomic mass is 16.5. The molecule has 2 aromatic carbocycles. The van der Waals surface area contributed by atoms with Crippen LogP contribution in [-0.2, 0) is 11.3 Å². The van der Waals surface area contributed by atoms with Gasteiger partial charge >= 0.3 is 11.9 Å². The van der Waals surface area contributed by atoms with Gasteiger partial charge in [-0.2, -0.15) is 0 Å². The molecule has 212 valence electrons. The molecule has 9 nitrogen and oxygen atoms in total. The van der Waals surface area contributed by atoms with Gasteiger partial charge < -0.3 is 19.5 Å². The van der Waals surface area contributed by atoms with Crippen LogP contribution in [0.4, 0.5) is 0 Å². The molecule has 0 bridgehead atoms. The molecule has 2 aromatic heterocycles. The predicted molar refractivity (Wildman–Crippen MR) is 153 cm³/mol. The van der Waals surface area contributed by atoms with Gasteiger partial charge in [0.1, 0.15) is 5.52 Å². The number of hydrogen-bond acceptors (Lipinski definition) is 7.